The molecule has 1 spiro atoms. The second-order valence-electron chi connectivity index (χ2n) is 6.46. The molecule has 1 aromatic heterocycles. The maximum Gasteiger partial charge on any atom is 0.410 e. The normalized spacial score (nSPS) is 23.5. The molecular formula is C16H18N4O4. The number of amides is 2. The second kappa shape index (κ2) is 5.20. The first-order valence-corrected chi connectivity index (χ1v) is 7.83. The van der Waals surface area contributed by atoms with E-state index in [4.69, 9.17) is 9.84 Å². The number of likely N-dealkylation sites (tertiary alicyclic amines) is 1. The number of aromatic nitrogens is 2. The predicted molar refractivity (Wildman–Crippen MR) is 84.4 cm³/mol. The SMILES string of the molecule is CN1CC2(CCN(C(=O)c3ccc4nc(CO)[nH]c4c3)C2)OC1=O. The van der Waals surface area contributed by atoms with E-state index >= 15 is 0 Å². The Morgan fingerprint density at radius 2 is 2.29 bits per heavy atom. The number of hydrogen-bond donors (Lipinski definition) is 2. The molecule has 2 amide bonds. The summed E-state index contributed by atoms with van der Waals surface area (Å²) in [6.45, 7) is 1.30. The van der Waals surface area contributed by atoms with Crippen LogP contribution in [0.4, 0.5) is 4.79 Å². The van der Waals surface area contributed by atoms with E-state index < -0.39 is 5.60 Å². The van der Waals surface area contributed by atoms with Gasteiger partial charge in [-0.1, -0.05) is 0 Å². The number of H-pyrrole nitrogens is 1. The van der Waals surface area contributed by atoms with E-state index in [0.29, 0.717) is 48.5 Å². The molecule has 24 heavy (non-hydrogen) atoms. The largest absolute Gasteiger partial charge is 0.439 e. The highest BCUT2D eigenvalue weighted by Gasteiger charge is 2.49. The van der Waals surface area contributed by atoms with Gasteiger partial charge in [-0.25, -0.2) is 9.78 Å². The number of rotatable bonds is 2. The zero-order valence-electron chi connectivity index (χ0n) is 13.3. The average molecular weight is 330 g/mol. The van der Waals surface area contributed by atoms with E-state index in [2.05, 4.69) is 9.97 Å². The van der Waals surface area contributed by atoms with Gasteiger partial charge in [0, 0.05) is 25.6 Å². The molecule has 0 radical (unpaired) electrons. The number of imidazole rings is 1. The Kier molecular flexibility index (Phi) is 3.24. The quantitative estimate of drug-likeness (QED) is 0.845. The first-order valence-electron chi connectivity index (χ1n) is 7.83. The van der Waals surface area contributed by atoms with E-state index in [1.165, 1.54) is 0 Å². The molecule has 0 saturated carbocycles. The van der Waals surface area contributed by atoms with Crippen LogP contribution in [0.5, 0.6) is 0 Å². The van der Waals surface area contributed by atoms with E-state index in [1.54, 1.807) is 35.0 Å². The molecule has 8 nitrogen and oxygen atoms in total. The van der Waals surface area contributed by atoms with Crippen molar-refractivity contribution in [1.29, 1.82) is 0 Å². The van der Waals surface area contributed by atoms with Gasteiger partial charge in [0.1, 0.15) is 12.4 Å². The first kappa shape index (κ1) is 14.9. The minimum atomic E-state index is -0.580. The van der Waals surface area contributed by atoms with Crippen LogP contribution in [0.3, 0.4) is 0 Å². The summed E-state index contributed by atoms with van der Waals surface area (Å²) < 4.78 is 5.48. The van der Waals surface area contributed by atoms with Crippen molar-refractivity contribution in [2.24, 2.45) is 0 Å². The maximum absolute atomic E-state index is 12.8. The number of hydrogen-bond acceptors (Lipinski definition) is 5. The number of nitrogens with zero attached hydrogens (tertiary/aromatic N) is 3. The molecule has 0 aliphatic carbocycles. The van der Waals surface area contributed by atoms with Crippen molar-refractivity contribution in [2.75, 3.05) is 26.7 Å². The molecule has 3 heterocycles. The van der Waals surface area contributed by atoms with Gasteiger partial charge in [-0.2, -0.15) is 0 Å². The number of fused-ring (bicyclic) bond motifs is 1. The fourth-order valence-corrected chi connectivity index (χ4v) is 3.48. The van der Waals surface area contributed by atoms with Crippen LogP contribution in [0.15, 0.2) is 18.2 Å². The van der Waals surface area contributed by atoms with Gasteiger partial charge in [0.15, 0.2) is 5.60 Å². The van der Waals surface area contributed by atoms with E-state index in [9.17, 15) is 9.59 Å². The maximum atomic E-state index is 12.8. The summed E-state index contributed by atoms with van der Waals surface area (Å²) in [6, 6.07) is 5.22. The molecule has 126 valence electrons. The number of carbonyl (C=O) groups excluding carboxylic acids is 2. The molecule has 2 aliphatic heterocycles. The van der Waals surface area contributed by atoms with E-state index in [1.807, 2.05) is 0 Å². The summed E-state index contributed by atoms with van der Waals surface area (Å²) in [4.78, 5) is 34.8. The van der Waals surface area contributed by atoms with Gasteiger partial charge in [0.2, 0.25) is 0 Å². The molecule has 0 bridgehead atoms. The predicted octanol–water partition coefficient (Wildman–Crippen LogP) is 0.722. The van der Waals surface area contributed by atoms with Crippen LogP contribution in [0.25, 0.3) is 11.0 Å². The van der Waals surface area contributed by atoms with Crippen LogP contribution in [0.2, 0.25) is 0 Å². The number of ether oxygens (including phenoxy) is 1. The smallest absolute Gasteiger partial charge is 0.410 e. The van der Waals surface area contributed by atoms with Gasteiger partial charge < -0.3 is 24.6 Å². The van der Waals surface area contributed by atoms with Crippen LogP contribution in [0, 0.1) is 0 Å². The zero-order chi connectivity index (χ0) is 16.9. The van der Waals surface area contributed by atoms with E-state index in [-0.39, 0.29) is 18.6 Å². The van der Waals surface area contributed by atoms with Gasteiger partial charge in [-0.3, -0.25) is 4.79 Å². The third-order valence-corrected chi connectivity index (χ3v) is 4.67. The summed E-state index contributed by atoms with van der Waals surface area (Å²) in [5.41, 5.74) is 1.39. The molecule has 2 N–H and O–H groups in total. The average Bonchev–Trinajstić information content (AvgIpc) is 3.24. The Balaban J connectivity index is 1.55. The number of aromatic amines is 1. The molecule has 2 fully saturated rings. The highest BCUT2D eigenvalue weighted by atomic mass is 16.6. The van der Waals surface area contributed by atoms with Crippen LogP contribution < -0.4 is 0 Å². The van der Waals surface area contributed by atoms with Gasteiger partial charge in [-0.15, -0.1) is 0 Å². The minimum absolute atomic E-state index is 0.0977. The molecule has 8 heteroatoms. The van der Waals surface area contributed by atoms with Crippen molar-refractivity contribution < 1.29 is 19.4 Å². The molecule has 2 aromatic rings. The van der Waals surface area contributed by atoms with Crippen LogP contribution in [-0.2, 0) is 11.3 Å². The van der Waals surface area contributed by atoms with Gasteiger partial charge in [0.05, 0.1) is 24.1 Å². The van der Waals surface area contributed by atoms with Crippen molar-refractivity contribution >= 4 is 23.0 Å². The van der Waals surface area contributed by atoms with Gasteiger partial charge >= 0.3 is 6.09 Å². The highest BCUT2D eigenvalue weighted by molar-refractivity contribution is 5.97. The Labute approximate surface area is 138 Å². The third-order valence-electron chi connectivity index (χ3n) is 4.67. The fraction of sp³-hybridized carbons (Fsp3) is 0.438. The molecule has 4 rings (SSSR count). The Morgan fingerprint density at radius 1 is 1.46 bits per heavy atom. The number of aliphatic hydroxyl groups is 1. The monoisotopic (exact) mass is 330 g/mol. The molecule has 1 unspecified atom stereocenters. The van der Waals surface area contributed by atoms with Crippen molar-refractivity contribution in [1.82, 2.24) is 19.8 Å². The lowest BCUT2D eigenvalue weighted by Crippen LogP contribution is -2.39. The summed E-state index contributed by atoms with van der Waals surface area (Å²) >= 11 is 0. The number of carbonyl (C=O) groups is 2. The zero-order valence-corrected chi connectivity index (χ0v) is 13.3. The Morgan fingerprint density at radius 3 is 3.00 bits per heavy atom. The van der Waals surface area contributed by atoms with Crippen molar-refractivity contribution in [3.63, 3.8) is 0 Å². The standard InChI is InChI=1S/C16H18N4O4/c1-19-8-16(24-15(19)23)4-5-20(9-16)14(22)10-2-3-11-12(6-10)18-13(7-21)17-11/h2-3,6,21H,4-5,7-9H2,1H3,(H,17,18). The fourth-order valence-electron chi connectivity index (χ4n) is 3.48. The first-order chi connectivity index (χ1) is 11.5. The molecule has 2 aliphatic rings. The second-order valence-corrected chi connectivity index (χ2v) is 6.46. The summed E-state index contributed by atoms with van der Waals surface area (Å²) in [5.74, 6) is 0.371. The van der Waals surface area contributed by atoms with Crippen LogP contribution in [-0.4, -0.2) is 69.2 Å². The van der Waals surface area contributed by atoms with Crippen molar-refractivity contribution in [2.45, 2.75) is 18.6 Å². The molecule has 2 saturated heterocycles. The Hall–Kier alpha value is -2.61. The van der Waals surface area contributed by atoms with Crippen molar-refractivity contribution in [3.05, 3.63) is 29.6 Å². The van der Waals surface area contributed by atoms with E-state index in [0.717, 1.165) is 0 Å². The van der Waals surface area contributed by atoms with Crippen molar-refractivity contribution in [3.8, 4) is 0 Å². The molecule has 1 atom stereocenters. The molecular weight excluding hydrogens is 312 g/mol. The summed E-state index contributed by atoms with van der Waals surface area (Å²) in [5, 5.41) is 9.14. The third kappa shape index (κ3) is 2.30. The number of aliphatic hydroxyl groups excluding tert-OH is 1. The number of nitrogens with one attached hydrogen (secondary N) is 1. The number of likely N-dealkylation sites (N-methyl/N-ethyl adjacent to an activating group) is 1. The summed E-state index contributed by atoms with van der Waals surface area (Å²) in [6.07, 6.45) is 0.315. The van der Waals surface area contributed by atoms with Crippen LogP contribution in [0.1, 0.15) is 22.6 Å². The topological polar surface area (TPSA) is 98.8 Å². The Bertz CT molecular complexity index is 833. The lowest BCUT2D eigenvalue weighted by atomic mass is 10.0. The van der Waals surface area contributed by atoms with Crippen LogP contribution >= 0.6 is 0 Å². The lowest BCUT2D eigenvalue weighted by molar-refractivity contribution is 0.0553. The van der Waals surface area contributed by atoms with Gasteiger partial charge in [-0.05, 0) is 18.2 Å². The minimum Gasteiger partial charge on any atom is -0.439 e. The lowest BCUT2D eigenvalue weighted by Gasteiger charge is -2.21. The molecule has 1 aromatic carbocycles. The highest BCUT2D eigenvalue weighted by Crippen LogP contribution is 2.32. The number of benzene rings is 1. The summed E-state index contributed by atoms with van der Waals surface area (Å²) in [7, 11) is 1.70. The van der Waals surface area contributed by atoms with Gasteiger partial charge in [0.25, 0.3) is 5.91 Å².